The van der Waals surface area contributed by atoms with Gasteiger partial charge in [-0.3, -0.25) is 0 Å². The van der Waals surface area contributed by atoms with Gasteiger partial charge in [-0.05, 0) is 30.3 Å². The van der Waals surface area contributed by atoms with Crippen LogP contribution in [0.1, 0.15) is 5.56 Å². The molecule has 0 fully saturated rings. The predicted octanol–water partition coefficient (Wildman–Crippen LogP) is 4.16. The van der Waals surface area contributed by atoms with Crippen molar-refractivity contribution < 1.29 is 4.52 Å². The van der Waals surface area contributed by atoms with Gasteiger partial charge in [-0.25, -0.2) is 0 Å². The van der Waals surface area contributed by atoms with Gasteiger partial charge in [-0.2, -0.15) is 0 Å². The third-order valence-electron chi connectivity index (χ3n) is 3.97. The van der Waals surface area contributed by atoms with Crippen LogP contribution in [-0.4, -0.2) is 0 Å². The summed E-state index contributed by atoms with van der Waals surface area (Å²) in [5.74, 6) is 1.04. The average molecular weight is 291 g/mol. The highest BCUT2D eigenvalue weighted by Gasteiger charge is 2.51. The Balaban J connectivity index is 1.90. The van der Waals surface area contributed by atoms with Gasteiger partial charge in [0.05, 0.1) is 0 Å². The van der Waals surface area contributed by atoms with Gasteiger partial charge in [0.1, 0.15) is 16.8 Å². The smallest absolute Gasteiger partial charge is 0.259 e. The van der Waals surface area contributed by atoms with Gasteiger partial charge in [-0.15, -0.1) is 0 Å². The van der Waals surface area contributed by atoms with Crippen molar-refractivity contribution in [1.29, 1.82) is 0 Å². The molecule has 1 heterocycles. The van der Waals surface area contributed by atoms with Gasteiger partial charge in [0.25, 0.3) is 7.49 Å². The van der Waals surface area contributed by atoms with Crippen molar-refractivity contribution in [3.05, 3.63) is 90.5 Å². The van der Waals surface area contributed by atoms with Gasteiger partial charge in [-0.1, -0.05) is 54.6 Å². The van der Waals surface area contributed by atoms with Crippen LogP contribution in [0.15, 0.2) is 84.9 Å². The molecule has 2 heteroatoms. The minimum atomic E-state index is -1.83. The molecule has 1 aliphatic rings. The number of hydrogen-bond donors (Lipinski definition) is 0. The summed E-state index contributed by atoms with van der Waals surface area (Å²) < 4.78 is 6.58. The monoisotopic (exact) mass is 291 g/mol. The number of hydrogen-bond acceptors (Lipinski definition) is 1. The Morgan fingerprint density at radius 3 is 1.71 bits per heavy atom. The van der Waals surface area contributed by atoms with Crippen molar-refractivity contribution >= 4 is 18.1 Å². The van der Waals surface area contributed by atoms with Crippen LogP contribution in [0, 0.1) is 0 Å². The number of benzene rings is 3. The molecule has 0 aliphatic carbocycles. The average Bonchev–Trinajstić information content (AvgIpc) is 2.97. The van der Waals surface area contributed by atoms with E-state index in [4.69, 9.17) is 4.52 Å². The van der Waals surface area contributed by atoms with Crippen LogP contribution in [0.4, 0.5) is 0 Å². The first-order valence-corrected chi connectivity index (χ1v) is 9.04. The van der Waals surface area contributed by atoms with E-state index >= 15 is 0 Å². The molecule has 3 aromatic carbocycles. The zero-order valence-corrected chi connectivity index (χ0v) is 12.5. The molecule has 21 heavy (non-hydrogen) atoms. The molecule has 0 bridgehead atoms. The van der Waals surface area contributed by atoms with Gasteiger partial charge < -0.3 is 4.52 Å². The normalized spacial score (nSPS) is 15.2. The van der Waals surface area contributed by atoms with Crippen LogP contribution in [-0.2, 0) is 6.16 Å². The molecule has 4 rings (SSSR count). The van der Waals surface area contributed by atoms with E-state index in [-0.39, 0.29) is 0 Å². The standard InChI is InChI=1S/C19H16OP/c1-3-10-17(11-4-1)21(18-12-5-2-6-13-18)15-16-9-7-8-14-19(16)20-21/h1-14H,15H2/q+1. The van der Waals surface area contributed by atoms with Crippen LogP contribution < -0.4 is 15.1 Å². The van der Waals surface area contributed by atoms with Crippen molar-refractivity contribution in [2.45, 2.75) is 6.16 Å². The maximum absolute atomic E-state index is 6.58. The summed E-state index contributed by atoms with van der Waals surface area (Å²) in [6.07, 6.45) is 0.983. The van der Waals surface area contributed by atoms with Gasteiger partial charge in [0.15, 0.2) is 5.75 Å². The van der Waals surface area contributed by atoms with Crippen molar-refractivity contribution in [3.63, 3.8) is 0 Å². The summed E-state index contributed by atoms with van der Waals surface area (Å²) in [6.45, 7) is 0. The van der Waals surface area contributed by atoms with E-state index < -0.39 is 7.49 Å². The highest BCUT2D eigenvalue weighted by atomic mass is 31.2. The molecule has 3 aromatic rings. The first kappa shape index (κ1) is 12.6. The quantitative estimate of drug-likeness (QED) is 0.644. The lowest BCUT2D eigenvalue weighted by atomic mass is 10.2. The number of fused-ring (bicyclic) bond motifs is 1. The Bertz CT molecular complexity index is 686. The first-order valence-electron chi connectivity index (χ1n) is 7.15. The van der Waals surface area contributed by atoms with Crippen LogP contribution in [0.25, 0.3) is 0 Å². The van der Waals surface area contributed by atoms with E-state index in [0.29, 0.717) is 0 Å². The zero-order valence-electron chi connectivity index (χ0n) is 11.6. The summed E-state index contributed by atoms with van der Waals surface area (Å²) >= 11 is 0. The van der Waals surface area contributed by atoms with Crippen molar-refractivity contribution in [2.75, 3.05) is 0 Å². The topological polar surface area (TPSA) is 9.23 Å². The van der Waals surface area contributed by atoms with Crippen molar-refractivity contribution in [3.8, 4) is 5.75 Å². The molecule has 0 saturated carbocycles. The van der Waals surface area contributed by atoms with Gasteiger partial charge >= 0.3 is 0 Å². The van der Waals surface area contributed by atoms with E-state index in [0.717, 1.165) is 11.9 Å². The summed E-state index contributed by atoms with van der Waals surface area (Å²) in [4.78, 5) is 0. The van der Waals surface area contributed by atoms with Crippen molar-refractivity contribution in [2.24, 2.45) is 0 Å². The summed E-state index contributed by atoms with van der Waals surface area (Å²) in [7, 11) is -1.83. The fourth-order valence-electron chi connectivity index (χ4n) is 2.94. The predicted molar refractivity (Wildman–Crippen MR) is 89.8 cm³/mol. The second-order valence-corrected chi connectivity index (χ2v) is 8.28. The molecule has 1 aliphatic heterocycles. The Hall–Kier alpha value is -2.11. The maximum atomic E-state index is 6.58. The van der Waals surface area contributed by atoms with Crippen molar-refractivity contribution in [1.82, 2.24) is 0 Å². The fourth-order valence-corrected chi connectivity index (χ4v) is 6.44. The Kier molecular flexibility index (Phi) is 3.02. The highest BCUT2D eigenvalue weighted by molar-refractivity contribution is 7.85. The number of para-hydroxylation sites is 1. The number of rotatable bonds is 2. The zero-order chi connectivity index (χ0) is 14.1. The van der Waals surface area contributed by atoms with E-state index in [1.807, 2.05) is 0 Å². The van der Waals surface area contributed by atoms with Crippen LogP contribution >= 0.6 is 7.49 Å². The second-order valence-electron chi connectivity index (χ2n) is 5.27. The molecule has 0 N–H and O–H groups in total. The Morgan fingerprint density at radius 2 is 1.14 bits per heavy atom. The molecule has 0 radical (unpaired) electrons. The molecular formula is C19H16OP+. The maximum Gasteiger partial charge on any atom is 0.259 e. The molecule has 1 nitrogen and oxygen atoms in total. The minimum absolute atomic E-state index is 0.983. The SMILES string of the molecule is c1ccc([P+]2(c3ccccc3)Cc3ccccc3O2)cc1. The van der Waals surface area contributed by atoms with E-state index in [1.54, 1.807) is 0 Å². The highest BCUT2D eigenvalue weighted by Crippen LogP contribution is 2.65. The molecule has 0 unspecified atom stereocenters. The lowest BCUT2D eigenvalue weighted by Gasteiger charge is -2.20. The first-order chi connectivity index (χ1) is 10.4. The van der Waals surface area contributed by atoms with Gasteiger partial charge in [0.2, 0.25) is 0 Å². The second kappa shape index (κ2) is 5.02. The van der Waals surface area contributed by atoms with Crippen LogP contribution in [0.5, 0.6) is 5.75 Å². The molecule has 0 spiro atoms. The lowest BCUT2D eigenvalue weighted by molar-refractivity contribution is 0.629. The summed E-state index contributed by atoms with van der Waals surface area (Å²) in [5.41, 5.74) is 1.32. The van der Waals surface area contributed by atoms with Crippen LogP contribution in [0.3, 0.4) is 0 Å². The molecule has 0 saturated heterocycles. The Labute approximate surface area is 125 Å². The largest absolute Gasteiger partial charge is 0.339 e. The van der Waals surface area contributed by atoms with Gasteiger partial charge in [0, 0.05) is 5.56 Å². The fraction of sp³-hybridized carbons (Fsp3) is 0.0526. The molecule has 102 valence electrons. The van der Waals surface area contributed by atoms with E-state index in [2.05, 4.69) is 84.9 Å². The lowest BCUT2D eigenvalue weighted by Crippen LogP contribution is -2.24. The molecule has 0 amide bonds. The molecule has 0 atom stereocenters. The van der Waals surface area contributed by atoms with E-state index in [9.17, 15) is 0 Å². The molecular weight excluding hydrogens is 275 g/mol. The Morgan fingerprint density at radius 1 is 0.619 bits per heavy atom. The third-order valence-corrected chi connectivity index (χ3v) is 7.53. The molecule has 0 aromatic heterocycles. The third kappa shape index (κ3) is 2.05. The van der Waals surface area contributed by atoms with Crippen LogP contribution in [0.2, 0.25) is 0 Å². The summed E-state index contributed by atoms with van der Waals surface area (Å²) in [6, 6.07) is 29.8. The summed E-state index contributed by atoms with van der Waals surface area (Å²) in [5, 5.41) is 2.62. The minimum Gasteiger partial charge on any atom is -0.339 e. The van der Waals surface area contributed by atoms with E-state index in [1.165, 1.54) is 16.2 Å².